The lowest BCUT2D eigenvalue weighted by molar-refractivity contribution is -0.145. The van der Waals surface area contributed by atoms with Crippen LogP contribution in [-0.4, -0.2) is 67.7 Å². The fraction of sp³-hybridized carbons (Fsp3) is 0.696. The first-order valence-electron chi connectivity index (χ1n) is 11.8. The van der Waals surface area contributed by atoms with E-state index < -0.39 is 33.9 Å². The second kappa shape index (κ2) is 11.1. The minimum atomic E-state index is -4.14. The van der Waals surface area contributed by atoms with Gasteiger partial charge in [0.1, 0.15) is 18.8 Å². The molecule has 2 N–H and O–H groups in total. The molecule has 34 heavy (non-hydrogen) atoms. The molecule has 1 aliphatic heterocycles. The molecule has 1 aliphatic carbocycles. The van der Waals surface area contributed by atoms with E-state index in [0.29, 0.717) is 31.1 Å². The summed E-state index contributed by atoms with van der Waals surface area (Å²) in [5.74, 6) is 0.813. The minimum Gasteiger partial charge on any atom is -0.486 e. The van der Waals surface area contributed by atoms with Gasteiger partial charge in [-0.05, 0) is 52.2 Å². The van der Waals surface area contributed by atoms with E-state index in [-0.39, 0.29) is 17.5 Å². The number of carbonyl (C=O) groups is 1. The van der Waals surface area contributed by atoms with Crippen molar-refractivity contribution < 1.29 is 37.4 Å². The molecule has 192 valence electrons. The highest BCUT2D eigenvalue weighted by Gasteiger charge is 2.35. The maximum atomic E-state index is 13.5. The van der Waals surface area contributed by atoms with Crippen molar-refractivity contribution >= 4 is 16.1 Å². The van der Waals surface area contributed by atoms with E-state index in [1.54, 1.807) is 33.8 Å². The first kappa shape index (κ1) is 26.5. The van der Waals surface area contributed by atoms with Gasteiger partial charge in [-0.1, -0.05) is 24.2 Å². The van der Waals surface area contributed by atoms with Crippen molar-refractivity contribution in [3.63, 3.8) is 0 Å². The van der Waals surface area contributed by atoms with E-state index in [4.69, 9.17) is 19.0 Å². The van der Waals surface area contributed by atoms with Gasteiger partial charge < -0.3 is 24.6 Å². The summed E-state index contributed by atoms with van der Waals surface area (Å²) in [4.78, 5) is 18.1. The Balaban J connectivity index is 1.80. The van der Waals surface area contributed by atoms with E-state index in [1.807, 2.05) is 0 Å². The number of sulfonamides is 1. The fourth-order valence-corrected chi connectivity index (χ4v) is 5.18. The van der Waals surface area contributed by atoms with Crippen LogP contribution in [0.3, 0.4) is 0 Å². The number of nitrogens with one attached hydrogen (secondary N) is 1. The van der Waals surface area contributed by atoms with E-state index in [1.165, 1.54) is 12.1 Å². The molecule has 1 aromatic rings. The number of aliphatic hydroxyl groups is 1. The largest absolute Gasteiger partial charge is 0.486 e. The van der Waals surface area contributed by atoms with Crippen LogP contribution in [0.15, 0.2) is 23.1 Å². The summed E-state index contributed by atoms with van der Waals surface area (Å²) in [7, 11) is -4.14. The van der Waals surface area contributed by atoms with Crippen molar-refractivity contribution in [2.45, 2.75) is 88.5 Å². The van der Waals surface area contributed by atoms with Crippen LogP contribution in [0.5, 0.6) is 11.5 Å². The number of hydrogen-bond donors (Lipinski definition) is 2. The van der Waals surface area contributed by atoms with Crippen molar-refractivity contribution in [1.29, 1.82) is 0 Å². The van der Waals surface area contributed by atoms with Crippen LogP contribution in [-0.2, 0) is 19.6 Å². The van der Waals surface area contributed by atoms with Gasteiger partial charge in [0, 0.05) is 6.07 Å². The third-order valence-electron chi connectivity index (χ3n) is 5.59. The number of carbonyl (C=O) groups excluding carboxylic acids is 1. The van der Waals surface area contributed by atoms with Gasteiger partial charge in [-0.25, -0.2) is 13.2 Å². The molecule has 10 nitrogen and oxygen atoms in total. The van der Waals surface area contributed by atoms with Gasteiger partial charge in [0.25, 0.3) is 10.0 Å². The van der Waals surface area contributed by atoms with Crippen LogP contribution in [0.4, 0.5) is 4.79 Å². The molecule has 0 bridgehead atoms. The van der Waals surface area contributed by atoms with E-state index in [0.717, 1.165) is 30.2 Å². The highest BCUT2D eigenvalue weighted by Crippen LogP contribution is 2.34. The molecule has 1 saturated carbocycles. The normalized spacial score (nSPS) is 18.5. The molecular weight excluding hydrogens is 464 g/mol. The number of hydrogen-bond acceptors (Lipinski definition) is 8. The van der Waals surface area contributed by atoms with Crippen LogP contribution in [0.25, 0.3) is 0 Å². The average Bonchev–Trinajstić information content (AvgIpc) is 3.28. The summed E-state index contributed by atoms with van der Waals surface area (Å²) in [6, 6.07) is 3.64. The molecule has 2 atom stereocenters. The summed E-state index contributed by atoms with van der Waals surface area (Å²) >= 11 is 0. The quantitative estimate of drug-likeness (QED) is 0.496. The number of ether oxygens (including phenoxy) is 3. The minimum absolute atomic E-state index is 0.0323. The number of amides is 1. The number of alkyl carbamates (subject to hydrolysis) is 1. The molecule has 0 aromatic heterocycles. The number of fused-ring (bicyclic) bond motifs is 1. The van der Waals surface area contributed by atoms with E-state index in [9.17, 15) is 18.3 Å². The van der Waals surface area contributed by atoms with Gasteiger partial charge in [0.2, 0.25) is 0 Å². The molecule has 0 spiro atoms. The SMILES string of the molecule is CC[C@H](NC(=O)OC(C)(C)C)[C@H](O)CN(OC1CCCC1)S(=O)(=O)c1ccc2c(c1)OCCO2. The standard InChI is InChI=1S/C23H36N2O8S/c1-5-18(24-22(27)32-23(2,3)4)19(26)15-25(33-16-8-6-7-9-16)34(28,29)17-10-11-20-21(14-17)31-13-12-30-20/h10-11,14,16,18-19,26H,5-9,12-13,15H2,1-4H3,(H,24,27)/t18-,19+/m0/s1. The Morgan fingerprint density at radius 3 is 2.47 bits per heavy atom. The first-order chi connectivity index (χ1) is 16.0. The lowest BCUT2D eigenvalue weighted by Crippen LogP contribution is -2.50. The molecule has 0 radical (unpaired) electrons. The summed E-state index contributed by atoms with van der Waals surface area (Å²) < 4.78 is 44.2. The van der Waals surface area contributed by atoms with Crippen molar-refractivity contribution in [2.24, 2.45) is 0 Å². The van der Waals surface area contributed by atoms with Crippen molar-refractivity contribution in [3.8, 4) is 11.5 Å². The number of hydroxylamine groups is 1. The molecule has 11 heteroatoms. The number of aliphatic hydroxyl groups excluding tert-OH is 1. The smallest absolute Gasteiger partial charge is 0.407 e. The summed E-state index contributed by atoms with van der Waals surface area (Å²) in [5, 5.41) is 13.5. The van der Waals surface area contributed by atoms with Crippen molar-refractivity contribution in [3.05, 3.63) is 18.2 Å². The Bertz CT molecular complexity index is 941. The Morgan fingerprint density at radius 1 is 1.21 bits per heavy atom. The zero-order valence-corrected chi connectivity index (χ0v) is 21.1. The predicted molar refractivity (Wildman–Crippen MR) is 124 cm³/mol. The molecular formula is C23H36N2O8S. The van der Waals surface area contributed by atoms with Gasteiger partial charge in [-0.15, -0.1) is 0 Å². The van der Waals surface area contributed by atoms with Gasteiger partial charge in [-0.3, -0.25) is 4.84 Å². The Labute approximate surface area is 201 Å². The maximum absolute atomic E-state index is 13.5. The van der Waals surface area contributed by atoms with Gasteiger partial charge >= 0.3 is 6.09 Å². The molecule has 1 heterocycles. The van der Waals surface area contributed by atoms with Crippen LogP contribution in [0, 0.1) is 0 Å². The van der Waals surface area contributed by atoms with Gasteiger partial charge in [0.15, 0.2) is 11.5 Å². The molecule has 2 aliphatic rings. The summed E-state index contributed by atoms with van der Waals surface area (Å²) in [5.41, 5.74) is -0.702. The predicted octanol–water partition coefficient (Wildman–Crippen LogP) is 2.99. The molecule has 0 saturated heterocycles. The zero-order chi connectivity index (χ0) is 24.9. The highest BCUT2D eigenvalue weighted by molar-refractivity contribution is 7.89. The van der Waals surface area contributed by atoms with E-state index in [2.05, 4.69) is 5.32 Å². The zero-order valence-electron chi connectivity index (χ0n) is 20.3. The van der Waals surface area contributed by atoms with E-state index >= 15 is 0 Å². The summed E-state index contributed by atoms with van der Waals surface area (Å²) in [6.07, 6.45) is 1.54. The molecule has 1 fully saturated rings. The Morgan fingerprint density at radius 2 is 1.85 bits per heavy atom. The Kier molecular flexibility index (Phi) is 8.66. The number of benzene rings is 1. The van der Waals surface area contributed by atoms with Crippen LogP contribution >= 0.6 is 0 Å². The fourth-order valence-electron chi connectivity index (χ4n) is 3.87. The second-order valence-electron chi connectivity index (χ2n) is 9.54. The number of nitrogens with zero attached hydrogens (tertiary/aromatic N) is 1. The molecule has 0 unspecified atom stereocenters. The lowest BCUT2D eigenvalue weighted by Gasteiger charge is -2.31. The van der Waals surface area contributed by atoms with Gasteiger partial charge in [-0.2, -0.15) is 0 Å². The van der Waals surface area contributed by atoms with Crippen molar-refractivity contribution in [1.82, 2.24) is 9.79 Å². The maximum Gasteiger partial charge on any atom is 0.407 e. The third-order valence-corrected chi connectivity index (χ3v) is 7.21. The molecule has 1 aromatic carbocycles. The molecule has 1 amide bonds. The Hall–Kier alpha value is -2.08. The second-order valence-corrected chi connectivity index (χ2v) is 11.4. The average molecular weight is 501 g/mol. The van der Waals surface area contributed by atoms with Crippen LogP contribution in [0.1, 0.15) is 59.8 Å². The third kappa shape index (κ3) is 6.97. The van der Waals surface area contributed by atoms with Crippen LogP contribution in [0.2, 0.25) is 0 Å². The highest BCUT2D eigenvalue weighted by atomic mass is 32.2. The lowest BCUT2D eigenvalue weighted by atomic mass is 10.1. The number of rotatable bonds is 9. The first-order valence-corrected chi connectivity index (χ1v) is 13.2. The monoisotopic (exact) mass is 500 g/mol. The summed E-state index contributed by atoms with van der Waals surface area (Å²) in [6.45, 7) is 7.35. The van der Waals surface area contributed by atoms with Crippen LogP contribution < -0.4 is 14.8 Å². The topological polar surface area (TPSA) is 124 Å². The van der Waals surface area contributed by atoms with Crippen molar-refractivity contribution in [2.75, 3.05) is 19.8 Å². The van der Waals surface area contributed by atoms with Gasteiger partial charge in [0.05, 0.1) is 29.7 Å². The molecule has 3 rings (SSSR count).